The van der Waals surface area contributed by atoms with Crippen molar-refractivity contribution in [2.24, 2.45) is 4.99 Å². The second kappa shape index (κ2) is 13.9. The van der Waals surface area contributed by atoms with Gasteiger partial charge in [-0.3, -0.25) is 24.6 Å². The van der Waals surface area contributed by atoms with Crippen LogP contribution in [0.4, 0.5) is 0 Å². The van der Waals surface area contributed by atoms with Crippen molar-refractivity contribution in [2.45, 2.75) is 62.8 Å². The number of nitrogens with one attached hydrogen (secondary N) is 3. The number of hydrogen-bond donors (Lipinski definition) is 3. The van der Waals surface area contributed by atoms with E-state index in [1.54, 1.807) is 24.3 Å². The van der Waals surface area contributed by atoms with Crippen LogP contribution >= 0.6 is 11.8 Å². The standard InChI is InChI=1S/C26H35N5O6S/c1-16-22(25(35)29-15-13-21(33)37-3)38-26(31(16)19-6-4-7-19)30-24(34)18-11-9-17(10-12-18)23(27)28-14-5-8-20(32)36-2/h9-12,16,19,22H,4-8,13-15H2,1-3H3,(H2,27,28)(H,29,35). The van der Waals surface area contributed by atoms with E-state index in [1.165, 1.54) is 26.0 Å². The van der Waals surface area contributed by atoms with Gasteiger partial charge >= 0.3 is 11.9 Å². The maximum absolute atomic E-state index is 13.0. The van der Waals surface area contributed by atoms with E-state index in [2.05, 4.69) is 30.0 Å². The Hall–Kier alpha value is -3.41. The van der Waals surface area contributed by atoms with Gasteiger partial charge in [0.2, 0.25) is 5.91 Å². The number of amidine groups is 2. The third kappa shape index (κ3) is 7.56. The zero-order chi connectivity index (χ0) is 27.7. The summed E-state index contributed by atoms with van der Waals surface area (Å²) in [5, 5.41) is 14.0. The molecule has 38 heavy (non-hydrogen) atoms. The monoisotopic (exact) mass is 545 g/mol. The maximum atomic E-state index is 13.0. The summed E-state index contributed by atoms with van der Waals surface area (Å²) < 4.78 is 9.22. The van der Waals surface area contributed by atoms with Gasteiger partial charge in [-0.25, -0.2) is 0 Å². The molecule has 2 atom stereocenters. The quantitative estimate of drug-likeness (QED) is 0.164. The molecular formula is C26H35N5O6S. The molecule has 12 heteroatoms. The minimum atomic E-state index is -0.451. The third-order valence-electron chi connectivity index (χ3n) is 6.62. The van der Waals surface area contributed by atoms with Crippen LogP contribution in [-0.4, -0.2) is 84.3 Å². The number of thioether (sulfide) groups is 1. The lowest BCUT2D eigenvalue weighted by molar-refractivity contribution is -0.141. The fourth-order valence-corrected chi connectivity index (χ4v) is 5.49. The molecule has 206 valence electrons. The number of rotatable bonds is 11. The number of nitrogens with zero attached hydrogens (tertiary/aromatic N) is 2. The summed E-state index contributed by atoms with van der Waals surface area (Å²) in [6.45, 7) is 2.60. The molecule has 1 aliphatic heterocycles. The molecular weight excluding hydrogens is 510 g/mol. The van der Waals surface area contributed by atoms with Crippen molar-refractivity contribution in [1.82, 2.24) is 15.5 Å². The molecule has 1 heterocycles. The highest BCUT2D eigenvalue weighted by Crippen LogP contribution is 2.39. The van der Waals surface area contributed by atoms with Crippen molar-refractivity contribution >= 4 is 46.5 Å². The predicted molar refractivity (Wildman–Crippen MR) is 144 cm³/mol. The van der Waals surface area contributed by atoms with Gasteiger partial charge in [0.25, 0.3) is 5.91 Å². The largest absolute Gasteiger partial charge is 0.469 e. The molecule has 0 aromatic heterocycles. The number of aliphatic imine (C=N–C) groups is 1. The highest BCUT2D eigenvalue weighted by Gasteiger charge is 2.45. The molecule has 1 aromatic carbocycles. The van der Waals surface area contributed by atoms with Crippen LogP contribution < -0.4 is 10.6 Å². The lowest BCUT2D eigenvalue weighted by Crippen LogP contribution is -2.49. The van der Waals surface area contributed by atoms with Crippen LogP contribution in [0.3, 0.4) is 0 Å². The van der Waals surface area contributed by atoms with Crippen LogP contribution in [0.25, 0.3) is 0 Å². The van der Waals surface area contributed by atoms with Gasteiger partial charge in [0.15, 0.2) is 5.17 Å². The van der Waals surface area contributed by atoms with Crippen molar-refractivity contribution in [3.05, 3.63) is 35.4 Å². The number of esters is 2. The fraction of sp³-hybridized carbons (Fsp3) is 0.538. The second-order valence-electron chi connectivity index (χ2n) is 9.15. The van der Waals surface area contributed by atoms with Crippen LogP contribution in [-0.2, 0) is 23.9 Å². The molecule has 3 N–H and O–H groups in total. The lowest BCUT2D eigenvalue weighted by atomic mass is 9.90. The first kappa shape index (κ1) is 29.2. The van der Waals surface area contributed by atoms with Gasteiger partial charge < -0.3 is 25.0 Å². The topological polar surface area (TPSA) is 150 Å². The molecule has 1 aliphatic carbocycles. The normalized spacial score (nSPS) is 20.0. The Balaban J connectivity index is 1.63. The van der Waals surface area contributed by atoms with E-state index in [1.807, 2.05) is 6.92 Å². The van der Waals surface area contributed by atoms with Gasteiger partial charge in [-0.1, -0.05) is 23.9 Å². The molecule has 0 spiro atoms. The first-order valence-corrected chi connectivity index (χ1v) is 13.5. The van der Waals surface area contributed by atoms with Crippen molar-refractivity contribution in [3.63, 3.8) is 0 Å². The molecule has 2 aliphatic rings. The number of amides is 2. The molecule has 2 fully saturated rings. The van der Waals surface area contributed by atoms with E-state index in [0.717, 1.165) is 19.3 Å². The van der Waals surface area contributed by atoms with E-state index in [0.29, 0.717) is 29.3 Å². The van der Waals surface area contributed by atoms with Gasteiger partial charge in [-0.05, 0) is 44.7 Å². The molecule has 11 nitrogen and oxygen atoms in total. The summed E-state index contributed by atoms with van der Waals surface area (Å²) in [6, 6.07) is 6.69. The van der Waals surface area contributed by atoms with Crippen molar-refractivity contribution in [2.75, 3.05) is 27.3 Å². The van der Waals surface area contributed by atoms with Crippen LogP contribution in [0.1, 0.15) is 61.4 Å². The smallest absolute Gasteiger partial charge is 0.307 e. The molecule has 0 bridgehead atoms. The minimum absolute atomic E-state index is 0.0935. The Labute approximate surface area is 226 Å². The summed E-state index contributed by atoms with van der Waals surface area (Å²) in [5.41, 5.74) is 0.989. The van der Waals surface area contributed by atoms with Gasteiger partial charge in [-0.15, -0.1) is 0 Å². The zero-order valence-electron chi connectivity index (χ0n) is 22.0. The van der Waals surface area contributed by atoms with Crippen molar-refractivity contribution in [3.8, 4) is 0 Å². The summed E-state index contributed by atoms with van der Waals surface area (Å²) in [7, 11) is 2.65. The predicted octanol–water partition coefficient (Wildman–Crippen LogP) is 2.09. The average molecular weight is 546 g/mol. The third-order valence-corrected chi connectivity index (χ3v) is 7.99. The van der Waals surface area contributed by atoms with Crippen LogP contribution in [0.15, 0.2) is 29.3 Å². The van der Waals surface area contributed by atoms with E-state index in [4.69, 9.17) is 5.41 Å². The summed E-state index contributed by atoms with van der Waals surface area (Å²) >= 11 is 1.27. The van der Waals surface area contributed by atoms with Crippen LogP contribution in [0.5, 0.6) is 0 Å². The number of hydrogen-bond acceptors (Lipinski definition) is 8. The van der Waals surface area contributed by atoms with Crippen molar-refractivity contribution in [1.29, 1.82) is 5.41 Å². The van der Waals surface area contributed by atoms with Crippen LogP contribution in [0, 0.1) is 5.41 Å². The number of carbonyl (C=O) groups excluding carboxylic acids is 4. The highest BCUT2D eigenvalue weighted by molar-refractivity contribution is 8.15. The van der Waals surface area contributed by atoms with Crippen LogP contribution in [0.2, 0.25) is 0 Å². The van der Waals surface area contributed by atoms with E-state index in [9.17, 15) is 19.2 Å². The number of methoxy groups -OCH3 is 2. The molecule has 1 saturated heterocycles. The Morgan fingerprint density at radius 2 is 1.63 bits per heavy atom. The SMILES string of the molecule is COC(=O)CCCNC(=N)c1ccc(C(=O)N=C2SC(C(=O)NCCC(=O)OC)C(C)N2C2CCC2)cc1. The van der Waals surface area contributed by atoms with E-state index < -0.39 is 17.1 Å². The first-order chi connectivity index (χ1) is 18.2. The van der Waals surface area contributed by atoms with Gasteiger partial charge in [0.05, 0.1) is 20.6 Å². The number of carbonyl (C=O) groups is 4. The summed E-state index contributed by atoms with van der Waals surface area (Å²) in [6.07, 6.45) is 3.97. The Morgan fingerprint density at radius 1 is 1.00 bits per heavy atom. The minimum Gasteiger partial charge on any atom is -0.469 e. The Morgan fingerprint density at radius 3 is 2.24 bits per heavy atom. The summed E-state index contributed by atoms with van der Waals surface area (Å²) in [5.74, 6) is -1.11. The highest BCUT2D eigenvalue weighted by atomic mass is 32.2. The molecule has 2 unspecified atom stereocenters. The van der Waals surface area contributed by atoms with Gasteiger partial charge in [-0.2, -0.15) is 4.99 Å². The van der Waals surface area contributed by atoms with Gasteiger partial charge in [0.1, 0.15) is 11.1 Å². The number of benzene rings is 1. The van der Waals surface area contributed by atoms with E-state index >= 15 is 0 Å². The Bertz CT molecular complexity index is 1070. The second-order valence-corrected chi connectivity index (χ2v) is 10.3. The number of ether oxygens (including phenoxy) is 2. The first-order valence-electron chi connectivity index (χ1n) is 12.7. The van der Waals surface area contributed by atoms with Gasteiger partial charge in [0, 0.05) is 42.7 Å². The molecule has 0 radical (unpaired) electrons. The zero-order valence-corrected chi connectivity index (χ0v) is 22.8. The molecule has 1 saturated carbocycles. The average Bonchev–Trinajstić information content (AvgIpc) is 3.20. The molecule has 3 rings (SSSR count). The molecule has 1 aromatic rings. The Kier molecular flexibility index (Phi) is 10.7. The van der Waals surface area contributed by atoms with Crippen molar-refractivity contribution < 1.29 is 28.7 Å². The maximum Gasteiger partial charge on any atom is 0.307 e. The fourth-order valence-electron chi connectivity index (χ4n) is 4.17. The molecule has 2 amide bonds. The van der Waals surface area contributed by atoms with E-state index in [-0.39, 0.29) is 49.2 Å². The lowest BCUT2D eigenvalue weighted by Gasteiger charge is -2.39. The summed E-state index contributed by atoms with van der Waals surface area (Å²) in [4.78, 5) is 54.9.